The van der Waals surface area contributed by atoms with Crippen molar-refractivity contribution in [2.45, 2.75) is 77.7 Å². The van der Waals surface area contributed by atoms with Crippen LogP contribution in [0.4, 0.5) is 0 Å². The molecule has 19 heavy (non-hydrogen) atoms. The summed E-state index contributed by atoms with van der Waals surface area (Å²) >= 11 is 0. The molecule has 1 heterocycles. The Balaban J connectivity index is 2.07. The van der Waals surface area contributed by atoms with Crippen LogP contribution in [-0.2, 0) is 4.74 Å². The van der Waals surface area contributed by atoms with Crippen LogP contribution in [0.1, 0.15) is 54.4 Å². The Morgan fingerprint density at radius 1 is 1.16 bits per heavy atom. The predicted octanol–water partition coefficient (Wildman–Crippen LogP) is 2.67. The lowest BCUT2D eigenvalue weighted by molar-refractivity contribution is -0.0914. The third-order valence-electron chi connectivity index (χ3n) is 4.61. The van der Waals surface area contributed by atoms with E-state index in [0.717, 1.165) is 19.1 Å². The first-order valence-corrected chi connectivity index (χ1v) is 7.76. The summed E-state index contributed by atoms with van der Waals surface area (Å²) in [4.78, 5) is 2.57. The van der Waals surface area contributed by atoms with E-state index in [1.54, 1.807) is 0 Å². The molecule has 0 aromatic rings. The smallest absolute Gasteiger partial charge is 0.0896 e. The standard InChI is InChI=1S/C16H31NO2/c1-11(2)9-17(12-7-8-12)10-13-14(18)16(5,6)19-15(13,3)4/h11-14,18H,7-10H2,1-6H3. The van der Waals surface area contributed by atoms with Gasteiger partial charge in [0.25, 0.3) is 0 Å². The van der Waals surface area contributed by atoms with Crippen molar-refractivity contribution < 1.29 is 9.84 Å². The second kappa shape index (κ2) is 5.01. The molecule has 0 bridgehead atoms. The number of nitrogens with zero attached hydrogens (tertiary/aromatic N) is 1. The van der Waals surface area contributed by atoms with Gasteiger partial charge in [0.2, 0.25) is 0 Å². The Hall–Kier alpha value is -0.120. The maximum atomic E-state index is 10.6. The molecule has 1 aliphatic carbocycles. The highest BCUT2D eigenvalue weighted by Gasteiger charge is 2.54. The largest absolute Gasteiger partial charge is 0.390 e. The molecule has 1 saturated carbocycles. The van der Waals surface area contributed by atoms with Gasteiger partial charge in [-0.25, -0.2) is 0 Å². The molecule has 112 valence electrons. The third kappa shape index (κ3) is 3.32. The lowest BCUT2D eigenvalue weighted by atomic mass is 9.84. The van der Waals surface area contributed by atoms with Gasteiger partial charge in [0, 0.05) is 25.0 Å². The molecule has 3 nitrogen and oxygen atoms in total. The molecule has 2 fully saturated rings. The number of ether oxygens (including phenoxy) is 1. The van der Waals surface area contributed by atoms with Crippen molar-refractivity contribution in [2.75, 3.05) is 13.1 Å². The van der Waals surface area contributed by atoms with Crippen LogP contribution in [0, 0.1) is 11.8 Å². The maximum Gasteiger partial charge on any atom is 0.0896 e. The summed E-state index contributed by atoms with van der Waals surface area (Å²) in [5.41, 5.74) is -0.672. The molecule has 1 N–H and O–H groups in total. The summed E-state index contributed by atoms with van der Waals surface area (Å²) in [7, 11) is 0. The topological polar surface area (TPSA) is 32.7 Å². The van der Waals surface area contributed by atoms with Crippen LogP contribution in [0.5, 0.6) is 0 Å². The zero-order valence-electron chi connectivity index (χ0n) is 13.4. The van der Waals surface area contributed by atoms with Gasteiger partial charge >= 0.3 is 0 Å². The van der Waals surface area contributed by atoms with Gasteiger partial charge in [-0.05, 0) is 46.5 Å². The average molecular weight is 269 g/mol. The van der Waals surface area contributed by atoms with Gasteiger partial charge in [0.15, 0.2) is 0 Å². The molecule has 2 aliphatic rings. The van der Waals surface area contributed by atoms with Crippen molar-refractivity contribution in [1.82, 2.24) is 4.90 Å². The van der Waals surface area contributed by atoms with E-state index in [9.17, 15) is 5.11 Å². The van der Waals surface area contributed by atoms with Crippen molar-refractivity contribution in [3.63, 3.8) is 0 Å². The van der Waals surface area contributed by atoms with E-state index in [0.29, 0.717) is 5.92 Å². The molecule has 0 spiro atoms. The fourth-order valence-electron chi connectivity index (χ4n) is 3.53. The zero-order chi connectivity index (χ0) is 14.4. The molecule has 2 unspecified atom stereocenters. The predicted molar refractivity (Wildman–Crippen MR) is 78.2 cm³/mol. The third-order valence-corrected chi connectivity index (χ3v) is 4.61. The molecule has 1 aliphatic heterocycles. The summed E-state index contributed by atoms with van der Waals surface area (Å²) in [5.74, 6) is 0.873. The summed E-state index contributed by atoms with van der Waals surface area (Å²) in [6.07, 6.45) is 2.26. The summed E-state index contributed by atoms with van der Waals surface area (Å²) in [5, 5.41) is 10.6. The second-order valence-corrected chi connectivity index (χ2v) is 7.94. The van der Waals surface area contributed by atoms with Gasteiger partial charge in [-0.15, -0.1) is 0 Å². The van der Waals surface area contributed by atoms with Crippen LogP contribution in [0.2, 0.25) is 0 Å². The monoisotopic (exact) mass is 269 g/mol. The van der Waals surface area contributed by atoms with Crippen LogP contribution in [0.3, 0.4) is 0 Å². The maximum absolute atomic E-state index is 10.6. The van der Waals surface area contributed by atoms with Crippen LogP contribution in [-0.4, -0.2) is 46.4 Å². The number of rotatable bonds is 5. The summed E-state index contributed by atoms with van der Waals surface area (Å²) in [6, 6.07) is 0.745. The minimum atomic E-state index is -0.429. The Morgan fingerprint density at radius 2 is 1.74 bits per heavy atom. The van der Waals surface area contributed by atoms with Gasteiger partial charge in [-0.1, -0.05) is 13.8 Å². The van der Waals surface area contributed by atoms with Gasteiger partial charge in [-0.2, -0.15) is 0 Å². The SMILES string of the molecule is CC(C)CN(CC1C(O)C(C)(C)OC1(C)C)C1CC1. The minimum absolute atomic E-state index is 0.196. The number of hydrogen-bond donors (Lipinski definition) is 1. The molecule has 2 rings (SSSR count). The fraction of sp³-hybridized carbons (Fsp3) is 1.00. The first kappa shape index (κ1) is 15.3. The van der Waals surface area contributed by atoms with Crippen LogP contribution in [0.15, 0.2) is 0 Å². The van der Waals surface area contributed by atoms with Gasteiger partial charge < -0.3 is 9.84 Å². The molecular weight excluding hydrogens is 238 g/mol. The molecule has 2 atom stereocenters. The number of aliphatic hydroxyl groups excluding tert-OH is 1. The summed E-state index contributed by atoms with van der Waals surface area (Å²) in [6.45, 7) is 14.9. The van der Waals surface area contributed by atoms with Crippen molar-refractivity contribution in [3.8, 4) is 0 Å². The van der Waals surface area contributed by atoms with Crippen molar-refractivity contribution in [2.24, 2.45) is 11.8 Å². The zero-order valence-corrected chi connectivity index (χ0v) is 13.4. The van der Waals surface area contributed by atoms with E-state index in [2.05, 4.69) is 32.6 Å². The molecule has 0 aromatic carbocycles. The van der Waals surface area contributed by atoms with E-state index in [1.807, 2.05) is 13.8 Å². The van der Waals surface area contributed by atoms with E-state index in [1.165, 1.54) is 12.8 Å². The van der Waals surface area contributed by atoms with Gasteiger partial charge in [-0.3, -0.25) is 4.90 Å². The Bertz CT molecular complexity index is 321. The Labute approximate surface area is 118 Å². The van der Waals surface area contributed by atoms with Crippen molar-refractivity contribution in [1.29, 1.82) is 0 Å². The Morgan fingerprint density at radius 3 is 2.11 bits per heavy atom. The first-order valence-electron chi connectivity index (χ1n) is 7.76. The Kier molecular flexibility index (Phi) is 4.03. The van der Waals surface area contributed by atoms with Crippen LogP contribution >= 0.6 is 0 Å². The number of hydrogen-bond acceptors (Lipinski definition) is 3. The van der Waals surface area contributed by atoms with E-state index in [-0.39, 0.29) is 17.6 Å². The average Bonchev–Trinajstić information content (AvgIpc) is 3.01. The van der Waals surface area contributed by atoms with Crippen LogP contribution < -0.4 is 0 Å². The lowest BCUT2D eigenvalue weighted by Crippen LogP contribution is -2.45. The van der Waals surface area contributed by atoms with Crippen LogP contribution in [0.25, 0.3) is 0 Å². The molecule has 1 saturated heterocycles. The van der Waals surface area contributed by atoms with E-state index >= 15 is 0 Å². The van der Waals surface area contributed by atoms with Crippen molar-refractivity contribution >= 4 is 0 Å². The minimum Gasteiger partial charge on any atom is -0.390 e. The molecule has 0 amide bonds. The molecular formula is C16H31NO2. The fourth-order valence-corrected chi connectivity index (χ4v) is 3.53. The first-order chi connectivity index (χ1) is 8.63. The highest BCUT2D eigenvalue weighted by Crippen LogP contribution is 2.43. The van der Waals surface area contributed by atoms with Gasteiger partial charge in [0.05, 0.1) is 17.3 Å². The second-order valence-electron chi connectivity index (χ2n) is 7.94. The molecule has 3 heteroatoms. The summed E-state index contributed by atoms with van der Waals surface area (Å²) < 4.78 is 6.09. The van der Waals surface area contributed by atoms with Crippen molar-refractivity contribution in [3.05, 3.63) is 0 Å². The van der Waals surface area contributed by atoms with E-state index < -0.39 is 5.60 Å². The molecule has 0 radical (unpaired) electrons. The quantitative estimate of drug-likeness (QED) is 0.833. The van der Waals surface area contributed by atoms with E-state index in [4.69, 9.17) is 4.74 Å². The van der Waals surface area contributed by atoms with Gasteiger partial charge in [0.1, 0.15) is 0 Å². The lowest BCUT2D eigenvalue weighted by Gasteiger charge is -2.33. The normalized spacial score (nSPS) is 33.3. The highest BCUT2D eigenvalue weighted by atomic mass is 16.5. The highest BCUT2D eigenvalue weighted by molar-refractivity contribution is 5.03. The number of aliphatic hydroxyl groups is 1. The molecule has 0 aromatic heterocycles.